The van der Waals surface area contributed by atoms with E-state index < -0.39 is 28.4 Å². The first-order valence-electron chi connectivity index (χ1n) is 9.34. The summed E-state index contributed by atoms with van der Waals surface area (Å²) < 4.78 is 32.3. The van der Waals surface area contributed by atoms with Gasteiger partial charge in [-0.25, -0.2) is 13.2 Å². The summed E-state index contributed by atoms with van der Waals surface area (Å²) in [4.78, 5) is 24.6. The summed E-state index contributed by atoms with van der Waals surface area (Å²) >= 11 is 18.4. The fourth-order valence-electron chi connectivity index (χ4n) is 2.89. The molecule has 3 aromatic carbocycles. The predicted molar refractivity (Wildman–Crippen MR) is 129 cm³/mol. The van der Waals surface area contributed by atoms with Crippen molar-refractivity contribution in [2.24, 2.45) is 0 Å². The summed E-state index contributed by atoms with van der Waals surface area (Å²) in [5.74, 6) is -1.34. The zero-order valence-electron chi connectivity index (χ0n) is 17.1. The molecule has 7 nitrogen and oxygen atoms in total. The van der Waals surface area contributed by atoms with Crippen LogP contribution in [0.3, 0.4) is 0 Å². The van der Waals surface area contributed by atoms with Crippen molar-refractivity contribution in [2.75, 3.05) is 23.3 Å². The molecule has 172 valence electrons. The molecule has 0 saturated carbocycles. The van der Waals surface area contributed by atoms with Gasteiger partial charge in [0.1, 0.15) is 6.54 Å². The average molecular weight is 528 g/mol. The van der Waals surface area contributed by atoms with Crippen molar-refractivity contribution in [1.29, 1.82) is 0 Å². The van der Waals surface area contributed by atoms with E-state index in [9.17, 15) is 18.0 Å². The number of rotatable bonds is 7. The Morgan fingerprint density at radius 3 is 2.27 bits per heavy atom. The van der Waals surface area contributed by atoms with Gasteiger partial charge in [-0.2, -0.15) is 0 Å². The maximum absolute atomic E-state index is 13.4. The Balaban J connectivity index is 1.97. The van der Waals surface area contributed by atoms with Gasteiger partial charge in [-0.3, -0.25) is 9.10 Å². The highest BCUT2D eigenvalue weighted by Gasteiger charge is 2.29. The Hall–Kier alpha value is -2.78. The minimum absolute atomic E-state index is 0.0328. The van der Waals surface area contributed by atoms with Gasteiger partial charge in [-0.15, -0.1) is 0 Å². The number of esters is 1. The molecule has 0 fully saturated rings. The van der Waals surface area contributed by atoms with Crippen LogP contribution in [0.2, 0.25) is 15.1 Å². The zero-order valence-corrected chi connectivity index (χ0v) is 20.2. The lowest BCUT2D eigenvalue weighted by atomic mass is 10.2. The molecular weight excluding hydrogens is 511 g/mol. The van der Waals surface area contributed by atoms with E-state index in [1.807, 2.05) is 0 Å². The molecule has 3 rings (SSSR count). The summed E-state index contributed by atoms with van der Waals surface area (Å²) in [6.07, 6.45) is 0. The van der Waals surface area contributed by atoms with Crippen LogP contribution in [-0.2, 0) is 19.6 Å². The SMILES string of the molecule is COC(=O)c1ccc(Cl)c(NC(=O)CN(c2ccc(Cl)cc2Cl)S(=O)(=O)c2ccccc2)c1. The first-order valence-corrected chi connectivity index (χ1v) is 11.9. The summed E-state index contributed by atoms with van der Waals surface area (Å²) in [6.45, 7) is -0.628. The van der Waals surface area contributed by atoms with Gasteiger partial charge in [-0.05, 0) is 48.5 Å². The molecule has 0 saturated heterocycles. The topological polar surface area (TPSA) is 92.8 Å². The van der Waals surface area contributed by atoms with Crippen LogP contribution >= 0.6 is 34.8 Å². The zero-order chi connectivity index (χ0) is 24.2. The number of nitrogens with one attached hydrogen (secondary N) is 1. The van der Waals surface area contributed by atoms with Crippen LogP contribution in [0, 0.1) is 0 Å². The number of carbonyl (C=O) groups is 2. The molecule has 33 heavy (non-hydrogen) atoms. The van der Waals surface area contributed by atoms with Crippen molar-refractivity contribution >= 4 is 68.1 Å². The first-order chi connectivity index (χ1) is 15.6. The molecule has 0 bridgehead atoms. The Kier molecular flexibility index (Phi) is 7.86. The van der Waals surface area contributed by atoms with Crippen molar-refractivity contribution in [3.05, 3.63) is 87.4 Å². The van der Waals surface area contributed by atoms with Crippen molar-refractivity contribution < 1.29 is 22.7 Å². The Bertz CT molecular complexity index is 1300. The number of hydrogen-bond donors (Lipinski definition) is 1. The maximum Gasteiger partial charge on any atom is 0.337 e. The van der Waals surface area contributed by atoms with Gasteiger partial charge in [0.25, 0.3) is 10.0 Å². The van der Waals surface area contributed by atoms with Crippen LogP contribution in [0.4, 0.5) is 11.4 Å². The molecule has 0 spiro atoms. The Morgan fingerprint density at radius 2 is 1.64 bits per heavy atom. The number of ether oxygens (including phenoxy) is 1. The number of anilines is 2. The highest BCUT2D eigenvalue weighted by atomic mass is 35.5. The summed E-state index contributed by atoms with van der Waals surface area (Å²) in [6, 6.07) is 16.0. The molecule has 0 unspecified atom stereocenters. The van der Waals surface area contributed by atoms with Gasteiger partial charge in [0, 0.05) is 5.02 Å². The average Bonchev–Trinajstić information content (AvgIpc) is 2.79. The second-order valence-electron chi connectivity index (χ2n) is 6.65. The van der Waals surface area contributed by atoms with E-state index in [1.165, 1.54) is 55.6 Å². The molecule has 11 heteroatoms. The van der Waals surface area contributed by atoms with Gasteiger partial charge in [0.05, 0.1) is 39.0 Å². The van der Waals surface area contributed by atoms with Crippen molar-refractivity contribution in [3.63, 3.8) is 0 Å². The van der Waals surface area contributed by atoms with Gasteiger partial charge in [0.2, 0.25) is 5.91 Å². The number of halogens is 3. The van der Waals surface area contributed by atoms with E-state index in [0.29, 0.717) is 5.02 Å². The van der Waals surface area contributed by atoms with E-state index in [-0.39, 0.29) is 31.9 Å². The van der Waals surface area contributed by atoms with Gasteiger partial charge < -0.3 is 10.1 Å². The quantitative estimate of drug-likeness (QED) is 0.423. The minimum atomic E-state index is -4.17. The number of methoxy groups -OCH3 is 1. The molecule has 0 aliphatic rings. The molecule has 0 aliphatic heterocycles. The maximum atomic E-state index is 13.4. The molecule has 0 aromatic heterocycles. The van der Waals surface area contributed by atoms with Gasteiger partial charge in [0.15, 0.2) is 0 Å². The second kappa shape index (κ2) is 10.4. The van der Waals surface area contributed by atoms with E-state index in [1.54, 1.807) is 18.2 Å². The van der Waals surface area contributed by atoms with Crippen LogP contribution in [0.15, 0.2) is 71.6 Å². The highest BCUT2D eigenvalue weighted by molar-refractivity contribution is 7.92. The molecule has 0 radical (unpaired) electrons. The number of nitrogens with zero attached hydrogens (tertiary/aromatic N) is 1. The van der Waals surface area contributed by atoms with E-state index in [2.05, 4.69) is 10.1 Å². The molecule has 1 amide bonds. The van der Waals surface area contributed by atoms with Crippen LogP contribution < -0.4 is 9.62 Å². The van der Waals surface area contributed by atoms with Gasteiger partial charge >= 0.3 is 5.97 Å². The first kappa shape index (κ1) is 24.9. The third-order valence-corrected chi connectivity index (χ3v) is 7.10. The van der Waals surface area contributed by atoms with Crippen LogP contribution in [0.1, 0.15) is 10.4 Å². The van der Waals surface area contributed by atoms with Crippen LogP contribution in [0.5, 0.6) is 0 Å². The Morgan fingerprint density at radius 1 is 0.939 bits per heavy atom. The van der Waals surface area contributed by atoms with E-state index in [0.717, 1.165) is 4.31 Å². The third-order valence-electron chi connectivity index (χ3n) is 4.46. The molecule has 0 heterocycles. The molecule has 1 N–H and O–H groups in total. The molecule has 3 aromatic rings. The standard InChI is InChI=1S/C22H17Cl3N2O5S/c1-32-22(29)14-7-9-17(24)19(11-14)26-21(28)13-27(20-10-8-15(23)12-18(20)25)33(30,31)16-5-3-2-4-6-16/h2-12H,13H2,1H3,(H,26,28). The summed E-state index contributed by atoms with van der Waals surface area (Å²) in [7, 11) is -2.96. The molecule has 0 aliphatic carbocycles. The van der Waals surface area contributed by atoms with Crippen LogP contribution in [0.25, 0.3) is 0 Å². The minimum Gasteiger partial charge on any atom is -0.465 e. The predicted octanol–water partition coefficient (Wildman–Crippen LogP) is 5.27. The third kappa shape index (κ3) is 5.78. The molecule has 0 atom stereocenters. The monoisotopic (exact) mass is 526 g/mol. The molecular formula is C22H17Cl3N2O5S. The van der Waals surface area contributed by atoms with Crippen molar-refractivity contribution in [3.8, 4) is 0 Å². The number of carbonyl (C=O) groups excluding carboxylic acids is 2. The lowest BCUT2D eigenvalue weighted by molar-refractivity contribution is -0.114. The Labute approximate surface area is 205 Å². The number of hydrogen-bond acceptors (Lipinski definition) is 5. The van der Waals surface area contributed by atoms with Crippen LogP contribution in [-0.4, -0.2) is 33.9 Å². The highest BCUT2D eigenvalue weighted by Crippen LogP contribution is 2.33. The van der Waals surface area contributed by atoms with Gasteiger partial charge in [-0.1, -0.05) is 53.0 Å². The number of sulfonamides is 1. The smallest absolute Gasteiger partial charge is 0.337 e. The van der Waals surface area contributed by atoms with Crippen molar-refractivity contribution in [1.82, 2.24) is 0 Å². The lowest BCUT2D eigenvalue weighted by Gasteiger charge is -2.25. The van der Waals surface area contributed by atoms with E-state index >= 15 is 0 Å². The summed E-state index contributed by atoms with van der Waals surface area (Å²) in [5, 5.41) is 3.03. The lowest BCUT2D eigenvalue weighted by Crippen LogP contribution is -2.38. The number of benzene rings is 3. The van der Waals surface area contributed by atoms with E-state index in [4.69, 9.17) is 34.8 Å². The fourth-order valence-corrected chi connectivity index (χ4v) is 5.08. The van der Waals surface area contributed by atoms with Crippen molar-refractivity contribution in [2.45, 2.75) is 4.90 Å². The number of amides is 1. The normalized spacial score (nSPS) is 11.0. The fraction of sp³-hybridized carbons (Fsp3) is 0.0909. The largest absolute Gasteiger partial charge is 0.465 e. The summed E-state index contributed by atoms with van der Waals surface area (Å²) in [5.41, 5.74) is 0.338. The second-order valence-corrected chi connectivity index (χ2v) is 9.77.